The topological polar surface area (TPSA) is 44.8 Å². The maximum absolute atomic E-state index is 12.6. The van der Waals surface area contributed by atoms with Gasteiger partial charge in [0, 0.05) is 26.3 Å². The molecule has 1 amide bonds. The lowest BCUT2D eigenvalue weighted by Gasteiger charge is -2.26. The first-order chi connectivity index (χ1) is 12.4. The second-order valence-electron chi connectivity index (χ2n) is 6.60. The molecule has 0 spiro atoms. The van der Waals surface area contributed by atoms with Crippen molar-refractivity contribution in [2.75, 3.05) is 46.2 Å². The molecule has 5 nitrogen and oxygen atoms in total. The molecule has 0 heterocycles. The van der Waals surface area contributed by atoms with E-state index < -0.39 is 0 Å². The van der Waals surface area contributed by atoms with Crippen molar-refractivity contribution in [3.05, 3.63) is 59.7 Å². The van der Waals surface area contributed by atoms with Crippen LogP contribution in [0.3, 0.4) is 0 Å². The van der Waals surface area contributed by atoms with Crippen LogP contribution in [-0.2, 0) is 0 Å². The number of nitrogens with zero attached hydrogens (tertiary/aromatic N) is 2. The third kappa shape index (κ3) is 4.99. The van der Waals surface area contributed by atoms with Gasteiger partial charge < -0.3 is 19.9 Å². The Kier molecular flexibility index (Phi) is 7.04. The van der Waals surface area contributed by atoms with Gasteiger partial charge in [0.15, 0.2) is 0 Å². The number of ether oxygens (including phenoxy) is 1. The zero-order valence-corrected chi connectivity index (χ0v) is 16.3. The molecule has 2 rings (SSSR count). The number of likely N-dealkylation sites (N-methyl/N-ethyl adjacent to an activating group) is 1. The predicted octanol–water partition coefficient (Wildman–Crippen LogP) is 3.18. The van der Waals surface area contributed by atoms with E-state index in [0.29, 0.717) is 24.5 Å². The third-order valence-corrected chi connectivity index (χ3v) is 4.31. The van der Waals surface area contributed by atoms with Gasteiger partial charge in [-0.3, -0.25) is 4.79 Å². The van der Waals surface area contributed by atoms with Crippen LogP contribution in [-0.4, -0.2) is 52.1 Å². The minimum atomic E-state index is -0.120. The Morgan fingerprint density at radius 1 is 1.04 bits per heavy atom. The summed E-state index contributed by atoms with van der Waals surface area (Å²) in [6, 6.07) is 15.8. The van der Waals surface area contributed by atoms with Gasteiger partial charge in [0.25, 0.3) is 5.91 Å². The minimum Gasteiger partial charge on any atom is -0.493 e. The van der Waals surface area contributed by atoms with Crippen molar-refractivity contribution < 1.29 is 9.53 Å². The van der Waals surface area contributed by atoms with Crippen LogP contribution in [0.5, 0.6) is 5.75 Å². The number of hydrogen-bond acceptors (Lipinski definition) is 4. The normalized spacial score (nSPS) is 11.9. The molecule has 5 heteroatoms. The highest BCUT2D eigenvalue weighted by Gasteiger charge is 2.17. The highest BCUT2D eigenvalue weighted by molar-refractivity contribution is 5.96. The largest absolute Gasteiger partial charge is 0.493 e. The fourth-order valence-corrected chi connectivity index (χ4v) is 2.81. The quantitative estimate of drug-likeness (QED) is 0.790. The van der Waals surface area contributed by atoms with E-state index >= 15 is 0 Å². The summed E-state index contributed by atoms with van der Waals surface area (Å²) in [5.74, 6) is 0.495. The van der Waals surface area contributed by atoms with Crippen LogP contribution in [0.1, 0.15) is 28.9 Å². The van der Waals surface area contributed by atoms with Crippen LogP contribution in [0.4, 0.5) is 5.69 Å². The van der Waals surface area contributed by atoms with Crippen LogP contribution in [0.25, 0.3) is 0 Å². The Hall–Kier alpha value is -2.53. The Balaban J connectivity index is 2.10. The molecule has 0 unspecified atom stereocenters. The average Bonchev–Trinajstić information content (AvgIpc) is 2.62. The first kappa shape index (κ1) is 19.8. The summed E-state index contributed by atoms with van der Waals surface area (Å²) < 4.78 is 5.56. The van der Waals surface area contributed by atoms with Gasteiger partial charge in [-0.25, -0.2) is 0 Å². The molecule has 0 aromatic heterocycles. The number of rotatable bonds is 8. The number of amides is 1. The molecular weight excluding hydrogens is 326 g/mol. The fourth-order valence-electron chi connectivity index (χ4n) is 2.81. The molecule has 0 bridgehead atoms. The molecule has 2 aromatic carbocycles. The Labute approximate surface area is 156 Å². The van der Waals surface area contributed by atoms with E-state index in [0.717, 1.165) is 5.69 Å². The second kappa shape index (κ2) is 9.25. The second-order valence-corrected chi connectivity index (χ2v) is 6.60. The summed E-state index contributed by atoms with van der Waals surface area (Å²) in [7, 11) is 8.08. The number of anilines is 1. The summed E-state index contributed by atoms with van der Waals surface area (Å²) in [4.78, 5) is 16.8. The van der Waals surface area contributed by atoms with Crippen molar-refractivity contribution in [1.82, 2.24) is 10.2 Å². The Morgan fingerprint density at radius 3 is 2.27 bits per heavy atom. The van der Waals surface area contributed by atoms with Crippen LogP contribution >= 0.6 is 0 Å². The Morgan fingerprint density at radius 2 is 1.69 bits per heavy atom. The molecule has 0 aliphatic heterocycles. The Bertz CT molecular complexity index is 711. The van der Waals surface area contributed by atoms with E-state index in [1.807, 2.05) is 53.3 Å². The van der Waals surface area contributed by atoms with E-state index in [4.69, 9.17) is 4.74 Å². The smallest absolute Gasteiger partial charge is 0.255 e. The SMILES string of the molecule is CCOc1ccccc1C(=O)NC[C@H](c1ccc(N(C)C)cc1)N(C)C. The van der Waals surface area contributed by atoms with Gasteiger partial charge in [-0.1, -0.05) is 24.3 Å². The first-order valence-corrected chi connectivity index (χ1v) is 8.87. The summed E-state index contributed by atoms with van der Waals surface area (Å²) >= 11 is 0. The number of hydrogen-bond donors (Lipinski definition) is 1. The van der Waals surface area contributed by atoms with E-state index in [9.17, 15) is 4.79 Å². The van der Waals surface area contributed by atoms with Crippen molar-refractivity contribution in [1.29, 1.82) is 0 Å². The predicted molar refractivity (Wildman–Crippen MR) is 107 cm³/mol. The lowest BCUT2D eigenvalue weighted by atomic mass is 10.0. The van der Waals surface area contributed by atoms with Crippen molar-refractivity contribution in [2.24, 2.45) is 0 Å². The highest BCUT2D eigenvalue weighted by Crippen LogP contribution is 2.22. The molecule has 2 aromatic rings. The standard InChI is InChI=1S/C21H29N3O2/c1-6-26-20-10-8-7-9-18(20)21(25)22-15-19(24(4)5)16-11-13-17(14-12-16)23(2)3/h7-14,19H,6,15H2,1-5H3,(H,22,25)/t19-/m1/s1. The van der Waals surface area contributed by atoms with Crippen LogP contribution in [0.15, 0.2) is 48.5 Å². The summed E-state index contributed by atoms with van der Waals surface area (Å²) in [6.07, 6.45) is 0. The molecule has 0 aliphatic carbocycles. The van der Waals surface area contributed by atoms with Crippen LogP contribution in [0, 0.1) is 0 Å². The van der Waals surface area contributed by atoms with Gasteiger partial charge in [-0.15, -0.1) is 0 Å². The van der Waals surface area contributed by atoms with Gasteiger partial charge in [0.05, 0.1) is 18.2 Å². The van der Waals surface area contributed by atoms with E-state index in [2.05, 4.69) is 39.4 Å². The van der Waals surface area contributed by atoms with Crippen molar-refractivity contribution in [3.8, 4) is 5.75 Å². The zero-order valence-electron chi connectivity index (χ0n) is 16.3. The molecule has 0 saturated carbocycles. The third-order valence-electron chi connectivity index (χ3n) is 4.31. The van der Waals surface area contributed by atoms with Gasteiger partial charge in [0.1, 0.15) is 5.75 Å². The molecule has 0 saturated heterocycles. The van der Waals surface area contributed by atoms with Gasteiger partial charge >= 0.3 is 0 Å². The van der Waals surface area contributed by atoms with Gasteiger partial charge in [-0.05, 0) is 50.8 Å². The van der Waals surface area contributed by atoms with E-state index in [1.54, 1.807) is 6.07 Å². The number of benzene rings is 2. The molecule has 140 valence electrons. The minimum absolute atomic E-state index is 0.0921. The molecule has 0 aliphatic rings. The van der Waals surface area contributed by atoms with Gasteiger partial charge in [0.2, 0.25) is 0 Å². The molecule has 26 heavy (non-hydrogen) atoms. The number of nitrogens with one attached hydrogen (secondary N) is 1. The molecule has 0 radical (unpaired) electrons. The van der Waals surface area contributed by atoms with E-state index in [1.165, 1.54) is 5.56 Å². The molecular formula is C21H29N3O2. The number of carbonyl (C=O) groups is 1. The van der Waals surface area contributed by atoms with Crippen molar-refractivity contribution in [3.63, 3.8) is 0 Å². The monoisotopic (exact) mass is 355 g/mol. The van der Waals surface area contributed by atoms with Gasteiger partial charge in [-0.2, -0.15) is 0 Å². The highest BCUT2D eigenvalue weighted by atomic mass is 16.5. The van der Waals surface area contributed by atoms with Crippen LogP contribution in [0.2, 0.25) is 0 Å². The fraction of sp³-hybridized carbons (Fsp3) is 0.381. The first-order valence-electron chi connectivity index (χ1n) is 8.87. The summed E-state index contributed by atoms with van der Waals surface area (Å²) in [5, 5.41) is 3.04. The molecule has 1 atom stereocenters. The summed E-state index contributed by atoms with van der Waals surface area (Å²) in [6.45, 7) is 2.96. The molecule has 1 N–H and O–H groups in total. The number of para-hydroxylation sites is 1. The maximum atomic E-state index is 12.6. The van der Waals surface area contributed by atoms with Crippen LogP contribution < -0.4 is 15.0 Å². The maximum Gasteiger partial charge on any atom is 0.255 e. The van der Waals surface area contributed by atoms with Crippen molar-refractivity contribution in [2.45, 2.75) is 13.0 Å². The lowest BCUT2D eigenvalue weighted by Crippen LogP contribution is -2.34. The summed E-state index contributed by atoms with van der Waals surface area (Å²) in [5.41, 5.74) is 2.88. The lowest BCUT2D eigenvalue weighted by molar-refractivity contribution is 0.0938. The number of carbonyl (C=O) groups excluding carboxylic acids is 1. The molecule has 0 fully saturated rings. The zero-order chi connectivity index (χ0) is 19.1. The van der Waals surface area contributed by atoms with Crippen molar-refractivity contribution >= 4 is 11.6 Å². The average molecular weight is 355 g/mol. The van der Waals surface area contributed by atoms with E-state index in [-0.39, 0.29) is 11.9 Å².